The number of hydrogen-bond acceptors (Lipinski definition) is 5. The molecule has 1 N–H and O–H groups in total. The summed E-state index contributed by atoms with van der Waals surface area (Å²) in [6, 6.07) is 4.09. The SMILES string of the molecule is Cc1cc(N2CCC(Nc3cc(C(F)(F)F)ccn3)CC2)nc(C)n1. The highest BCUT2D eigenvalue weighted by Crippen LogP contribution is 2.30. The minimum absolute atomic E-state index is 0.0938. The van der Waals surface area contributed by atoms with Crippen molar-refractivity contribution in [2.24, 2.45) is 0 Å². The predicted octanol–water partition coefficient (Wildman–Crippen LogP) is 3.59. The van der Waals surface area contributed by atoms with Crippen LogP contribution in [0.4, 0.5) is 24.8 Å². The number of alkyl halides is 3. The summed E-state index contributed by atoms with van der Waals surface area (Å²) >= 11 is 0. The molecule has 3 rings (SSSR count). The van der Waals surface area contributed by atoms with E-state index >= 15 is 0 Å². The Bertz CT molecular complexity index is 719. The van der Waals surface area contributed by atoms with Crippen LogP contribution < -0.4 is 10.2 Å². The zero-order chi connectivity index (χ0) is 18.0. The normalized spacial score (nSPS) is 16.1. The van der Waals surface area contributed by atoms with Crippen molar-refractivity contribution >= 4 is 11.6 Å². The Kier molecular flexibility index (Phi) is 4.78. The zero-order valence-electron chi connectivity index (χ0n) is 14.1. The van der Waals surface area contributed by atoms with Crippen molar-refractivity contribution in [2.45, 2.75) is 38.9 Å². The molecule has 0 bridgehead atoms. The second kappa shape index (κ2) is 6.85. The first-order valence-electron chi connectivity index (χ1n) is 8.18. The summed E-state index contributed by atoms with van der Waals surface area (Å²) in [6.07, 6.45) is -1.56. The van der Waals surface area contributed by atoms with Crippen LogP contribution in [0.2, 0.25) is 0 Å². The first-order valence-corrected chi connectivity index (χ1v) is 8.18. The Labute approximate surface area is 144 Å². The largest absolute Gasteiger partial charge is 0.416 e. The number of rotatable bonds is 3. The van der Waals surface area contributed by atoms with Gasteiger partial charge in [-0.3, -0.25) is 0 Å². The number of hydrogen-bond donors (Lipinski definition) is 1. The van der Waals surface area contributed by atoms with Crippen LogP contribution in [0.5, 0.6) is 0 Å². The van der Waals surface area contributed by atoms with Crippen LogP contribution in [0.15, 0.2) is 24.4 Å². The maximum Gasteiger partial charge on any atom is 0.416 e. The maximum atomic E-state index is 12.8. The number of halogens is 3. The quantitative estimate of drug-likeness (QED) is 0.916. The Morgan fingerprint density at radius 2 is 1.84 bits per heavy atom. The van der Waals surface area contributed by atoms with Gasteiger partial charge in [-0.05, 0) is 38.8 Å². The van der Waals surface area contributed by atoms with Crippen LogP contribution in [-0.4, -0.2) is 34.1 Å². The fraction of sp³-hybridized carbons (Fsp3) is 0.471. The highest BCUT2D eigenvalue weighted by Gasteiger charge is 2.31. The van der Waals surface area contributed by atoms with Crippen LogP contribution in [0, 0.1) is 13.8 Å². The van der Waals surface area contributed by atoms with E-state index in [9.17, 15) is 13.2 Å². The fourth-order valence-corrected chi connectivity index (χ4v) is 3.01. The smallest absolute Gasteiger partial charge is 0.367 e. The molecule has 1 saturated heterocycles. The lowest BCUT2D eigenvalue weighted by Crippen LogP contribution is -2.39. The number of nitrogens with zero attached hydrogens (tertiary/aromatic N) is 4. The highest BCUT2D eigenvalue weighted by molar-refractivity contribution is 5.42. The van der Waals surface area contributed by atoms with Gasteiger partial charge in [-0.2, -0.15) is 13.2 Å². The van der Waals surface area contributed by atoms with Crippen molar-refractivity contribution in [2.75, 3.05) is 23.3 Å². The number of anilines is 2. The molecule has 2 aromatic heterocycles. The summed E-state index contributed by atoms with van der Waals surface area (Å²) in [5.41, 5.74) is 0.241. The molecule has 134 valence electrons. The van der Waals surface area contributed by atoms with Gasteiger partial charge < -0.3 is 10.2 Å². The second-order valence-corrected chi connectivity index (χ2v) is 6.25. The van der Waals surface area contributed by atoms with E-state index in [0.29, 0.717) is 0 Å². The van der Waals surface area contributed by atoms with Gasteiger partial charge in [0.15, 0.2) is 0 Å². The summed E-state index contributed by atoms with van der Waals surface area (Å²) in [6.45, 7) is 5.37. The lowest BCUT2D eigenvalue weighted by atomic mass is 10.0. The summed E-state index contributed by atoms with van der Waals surface area (Å²) in [5, 5.41) is 3.12. The Morgan fingerprint density at radius 1 is 1.12 bits per heavy atom. The van der Waals surface area contributed by atoms with Crippen molar-refractivity contribution in [1.29, 1.82) is 0 Å². The lowest BCUT2D eigenvalue weighted by Gasteiger charge is -2.33. The molecule has 0 spiro atoms. The molecule has 0 aliphatic carbocycles. The first kappa shape index (κ1) is 17.4. The van der Waals surface area contributed by atoms with E-state index in [0.717, 1.165) is 55.4 Å². The number of nitrogens with one attached hydrogen (secondary N) is 1. The van der Waals surface area contributed by atoms with Crippen molar-refractivity contribution in [3.05, 3.63) is 41.5 Å². The van der Waals surface area contributed by atoms with Crippen molar-refractivity contribution in [3.63, 3.8) is 0 Å². The van der Waals surface area contributed by atoms with Gasteiger partial charge in [-0.25, -0.2) is 15.0 Å². The molecule has 3 heterocycles. The van der Waals surface area contributed by atoms with Gasteiger partial charge in [0.1, 0.15) is 17.5 Å². The lowest BCUT2D eigenvalue weighted by molar-refractivity contribution is -0.137. The first-order chi connectivity index (χ1) is 11.8. The average Bonchev–Trinajstić information content (AvgIpc) is 2.54. The predicted molar refractivity (Wildman–Crippen MR) is 89.6 cm³/mol. The van der Waals surface area contributed by atoms with Crippen molar-refractivity contribution < 1.29 is 13.2 Å². The van der Waals surface area contributed by atoms with Gasteiger partial charge in [0, 0.05) is 37.1 Å². The maximum absolute atomic E-state index is 12.8. The summed E-state index contributed by atoms with van der Waals surface area (Å²) < 4.78 is 38.3. The third kappa shape index (κ3) is 4.37. The molecule has 0 aromatic carbocycles. The third-order valence-electron chi connectivity index (χ3n) is 4.21. The molecule has 1 fully saturated rings. The Morgan fingerprint density at radius 3 is 2.48 bits per heavy atom. The minimum atomic E-state index is -4.36. The fourth-order valence-electron chi connectivity index (χ4n) is 3.01. The van der Waals surface area contributed by atoms with Gasteiger partial charge in [-0.1, -0.05) is 0 Å². The monoisotopic (exact) mass is 351 g/mol. The molecule has 1 aliphatic rings. The molecule has 0 radical (unpaired) electrons. The van der Waals surface area contributed by atoms with Crippen LogP contribution in [-0.2, 0) is 6.18 Å². The number of aryl methyl sites for hydroxylation is 2. The van der Waals surface area contributed by atoms with E-state index in [1.165, 1.54) is 6.20 Å². The minimum Gasteiger partial charge on any atom is -0.367 e. The van der Waals surface area contributed by atoms with Crippen LogP contribution >= 0.6 is 0 Å². The van der Waals surface area contributed by atoms with Gasteiger partial charge in [0.05, 0.1) is 5.56 Å². The van der Waals surface area contributed by atoms with Crippen LogP contribution in [0.25, 0.3) is 0 Å². The van der Waals surface area contributed by atoms with Gasteiger partial charge >= 0.3 is 6.18 Å². The van der Waals surface area contributed by atoms with E-state index < -0.39 is 11.7 Å². The second-order valence-electron chi connectivity index (χ2n) is 6.25. The highest BCUT2D eigenvalue weighted by atomic mass is 19.4. The molecule has 0 saturated carbocycles. The number of aromatic nitrogens is 3. The third-order valence-corrected chi connectivity index (χ3v) is 4.21. The molecule has 8 heteroatoms. The van der Waals surface area contributed by atoms with E-state index in [4.69, 9.17) is 0 Å². The Balaban J connectivity index is 1.61. The molecule has 0 amide bonds. The molecular weight excluding hydrogens is 331 g/mol. The van der Waals surface area contributed by atoms with E-state index in [-0.39, 0.29) is 11.9 Å². The molecule has 1 aliphatic heterocycles. The molecule has 2 aromatic rings. The van der Waals surface area contributed by atoms with Crippen molar-refractivity contribution in [1.82, 2.24) is 15.0 Å². The van der Waals surface area contributed by atoms with E-state index in [1.807, 2.05) is 19.9 Å². The molecule has 5 nitrogen and oxygen atoms in total. The van der Waals surface area contributed by atoms with Crippen LogP contribution in [0.3, 0.4) is 0 Å². The van der Waals surface area contributed by atoms with Gasteiger partial charge in [0.25, 0.3) is 0 Å². The molecule has 25 heavy (non-hydrogen) atoms. The van der Waals surface area contributed by atoms with Crippen LogP contribution in [0.1, 0.15) is 29.9 Å². The van der Waals surface area contributed by atoms with Gasteiger partial charge in [-0.15, -0.1) is 0 Å². The molecule has 0 unspecified atom stereocenters. The average molecular weight is 351 g/mol. The zero-order valence-corrected chi connectivity index (χ0v) is 14.1. The van der Waals surface area contributed by atoms with E-state index in [2.05, 4.69) is 25.2 Å². The van der Waals surface area contributed by atoms with Crippen molar-refractivity contribution in [3.8, 4) is 0 Å². The number of pyridine rings is 1. The summed E-state index contributed by atoms with van der Waals surface area (Å²) in [4.78, 5) is 14.9. The van der Waals surface area contributed by atoms with Gasteiger partial charge in [0.2, 0.25) is 0 Å². The standard InChI is InChI=1S/C17H20F3N5/c1-11-9-16(23-12(2)22-11)25-7-4-14(5-8-25)24-15-10-13(3-6-21-15)17(18,19)20/h3,6,9-10,14H,4-5,7-8H2,1-2H3,(H,21,24). The molecular formula is C17H20F3N5. The topological polar surface area (TPSA) is 53.9 Å². The molecule has 0 atom stereocenters. The number of piperidine rings is 1. The Hall–Kier alpha value is -2.38. The van der Waals surface area contributed by atoms with E-state index in [1.54, 1.807) is 0 Å². The summed E-state index contributed by atoms with van der Waals surface area (Å²) in [7, 11) is 0. The summed E-state index contributed by atoms with van der Waals surface area (Å²) in [5.74, 6) is 1.91.